The van der Waals surface area contributed by atoms with E-state index in [0.717, 1.165) is 5.69 Å². The van der Waals surface area contributed by atoms with E-state index in [4.69, 9.17) is 0 Å². The van der Waals surface area contributed by atoms with Crippen molar-refractivity contribution in [1.82, 2.24) is 4.98 Å². The van der Waals surface area contributed by atoms with Gasteiger partial charge in [0.1, 0.15) is 0 Å². The number of anilines is 1. The molecule has 0 spiro atoms. The summed E-state index contributed by atoms with van der Waals surface area (Å²) in [5.74, 6) is 0.00167. The van der Waals surface area contributed by atoms with Crippen LogP contribution in [0.25, 0.3) is 0 Å². The zero-order chi connectivity index (χ0) is 12.3. The molecule has 1 heterocycles. The van der Waals surface area contributed by atoms with E-state index in [9.17, 15) is 4.79 Å². The van der Waals surface area contributed by atoms with E-state index >= 15 is 0 Å². The number of ketones is 1. The van der Waals surface area contributed by atoms with Crippen LogP contribution in [0.15, 0.2) is 48.8 Å². The molecule has 1 aromatic carbocycles. The largest absolute Gasteiger partial charge is 0.378 e. The smallest absolute Gasteiger partial charge is 0.194 e. The number of carbonyl (C=O) groups is 1. The Labute approximate surface area is 101 Å². The minimum atomic E-state index is 0.00167. The highest BCUT2D eigenvalue weighted by Gasteiger charge is 2.09. The molecule has 0 radical (unpaired) electrons. The first kappa shape index (κ1) is 11.3. The van der Waals surface area contributed by atoms with Crippen LogP contribution < -0.4 is 4.90 Å². The third-order valence-electron chi connectivity index (χ3n) is 2.55. The summed E-state index contributed by atoms with van der Waals surface area (Å²) in [5, 5.41) is 0. The molecule has 0 amide bonds. The Morgan fingerprint density at radius 2 is 1.88 bits per heavy atom. The van der Waals surface area contributed by atoms with Crippen LogP contribution in [0.4, 0.5) is 5.69 Å². The number of nitrogens with zero attached hydrogens (tertiary/aromatic N) is 2. The lowest BCUT2D eigenvalue weighted by molar-refractivity contribution is 0.103. The molecule has 2 rings (SSSR count). The van der Waals surface area contributed by atoms with Gasteiger partial charge in [-0.1, -0.05) is 12.1 Å². The zero-order valence-corrected chi connectivity index (χ0v) is 9.92. The minimum Gasteiger partial charge on any atom is -0.378 e. The summed E-state index contributed by atoms with van der Waals surface area (Å²) in [5.41, 5.74) is 2.31. The number of hydrogen-bond donors (Lipinski definition) is 0. The van der Waals surface area contributed by atoms with Gasteiger partial charge in [0.15, 0.2) is 5.78 Å². The first-order chi connectivity index (χ1) is 8.18. The first-order valence-corrected chi connectivity index (χ1v) is 5.40. The number of hydrogen-bond acceptors (Lipinski definition) is 3. The van der Waals surface area contributed by atoms with E-state index < -0.39 is 0 Å². The molecule has 0 N–H and O–H groups in total. The zero-order valence-electron chi connectivity index (χ0n) is 9.92. The average molecular weight is 226 g/mol. The van der Waals surface area contributed by atoms with Crippen molar-refractivity contribution in [1.29, 1.82) is 0 Å². The van der Waals surface area contributed by atoms with Gasteiger partial charge >= 0.3 is 0 Å². The second kappa shape index (κ2) is 4.78. The molecule has 1 aromatic heterocycles. The van der Waals surface area contributed by atoms with Crippen LogP contribution in [0.5, 0.6) is 0 Å². The second-order valence-corrected chi connectivity index (χ2v) is 4.02. The van der Waals surface area contributed by atoms with Crippen LogP contribution in [-0.4, -0.2) is 24.9 Å². The van der Waals surface area contributed by atoms with E-state index in [0.29, 0.717) is 11.1 Å². The van der Waals surface area contributed by atoms with Gasteiger partial charge in [-0.3, -0.25) is 9.78 Å². The van der Waals surface area contributed by atoms with Crippen LogP contribution >= 0.6 is 0 Å². The summed E-state index contributed by atoms with van der Waals surface area (Å²) in [6, 6.07) is 11.1. The van der Waals surface area contributed by atoms with Gasteiger partial charge in [-0.15, -0.1) is 0 Å². The number of aromatic nitrogens is 1. The summed E-state index contributed by atoms with van der Waals surface area (Å²) in [7, 11) is 3.90. The quantitative estimate of drug-likeness (QED) is 0.753. The van der Waals surface area contributed by atoms with Crippen LogP contribution in [-0.2, 0) is 0 Å². The number of rotatable bonds is 3. The van der Waals surface area contributed by atoms with Gasteiger partial charge in [0, 0.05) is 43.3 Å². The molecule has 0 bridgehead atoms. The summed E-state index contributed by atoms with van der Waals surface area (Å²) in [6.45, 7) is 0. The summed E-state index contributed by atoms with van der Waals surface area (Å²) >= 11 is 0. The van der Waals surface area contributed by atoms with Gasteiger partial charge in [-0.25, -0.2) is 0 Å². The first-order valence-electron chi connectivity index (χ1n) is 5.40. The molecule has 0 saturated carbocycles. The molecule has 0 unspecified atom stereocenters. The van der Waals surface area contributed by atoms with Gasteiger partial charge in [-0.05, 0) is 24.3 Å². The van der Waals surface area contributed by atoms with Gasteiger partial charge in [0.05, 0.1) is 0 Å². The lowest BCUT2D eigenvalue weighted by atomic mass is 10.0. The van der Waals surface area contributed by atoms with Crippen LogP contribution in [0.3, 0.4) is 0 Å². The monoisotopic (exact) mass is 226 g/mol. The highest BCUT2D eigenvalue weighted by atomic mass is 16.1. The highest BCUT2D eigenvalue weighted by Crippen LogP contribution is 2.16. The average Bonchev–Trinajstić information content (AvgIpc) is 2.39. The lowest BCUT2D eigenvalue weighted by Crippen LogP contribution is -2.10. The van der Waals surface area contributed by atoms with Crippen molar-refractivity contribution in [2.75, 3.05) is 19.0 Å². The standard InChI is InChI=1S/C14H14N2O/c1-16(2)13-7-3-5-11(9-13)14(17)12-6-4-8-15-10-12/h3-10H,1-2H3. The topological polar surface area (TPSA) is 33.2 Å². The molecule has 0 saturated heterocycles. The van der Waals surface area contributed by atoms with E-state index in [2.05, 4.69) is 4.98 Å². The molecule has 17 heavy (non-hydrogen) atoms. The van der Waals surface area contributed by atoms with Crippen molar-refractivity contribution in [3.63, 3.8) is 0 Å². The Hall–Kier alpha value is -2.16. The Kier molecular flexibility index (Phi) is 3.19. The molecule has 3 heteroatoms. The van der Waals surface area contributed by atoms with Gasteiger partial charge in [-0.2, -0.15) is 0 Å². The maximum atomic E-state index is 12.2. The molecule has 0 atom stereocenters. The van der Waals surface area contributed by atoms with Crippen molar-refractivity contribution in [3.05, 3.63) is 59.9 Å². The number of pyridine rings is 1. The third kappa shape index (κ3) is 2.50. The van der Waals surface area contributed by atoms with Crippen LogP contribution in [0, 0.1) is 0 Å². The highest BCUT2D eigenvalue weighted by molar-refractivity contribution is 6.09. The lowest BCUT2D eigenvalue weighted by Gasteiger charge is -2.13. The predicted octanol–water partition coefficient (Wildman–Crippen LogP) is 2.38. The Bertz CT molecular complexity index is 521. The predicted molar refractivity (Wildman–Crippen MR) is 68.4 cm³/mol. The van der Waals surface area contributed by atoms with E-state index in [-0.39, 0.29) is 5.78 Å². The molecule has 0 aliphatic carbocycles. The van der Waals surface area contributed by atoms with E-state index in [1.165, 1.54) is 0 Å². The van der Waals surface area contributed by atoms with Crippen molar-refractivity contribution in [3.8, 4) is 0 Å². The molecular weight excluding hydrogens is 212 g/mol. The molecule has 0 aliphatic rings. The molecule has 0 aliphatic heterocycles. The van der Waals surface area contributed by atoms with Crippen molar-refractivity contribution in [2.45, 2.75) is 0 Å². The Morgan fingerprint density at radius 3 is 2.53 bits per heavy atom. The van der Waals surface area contributed by atoms with Crippen molar-refractivity contribution >= 4 is 11.5 Å². The van der Waals surface area contributed by atoms with E-state index in [1.807, 2.05) is 43.3 Å². The van der Waals surface area contributed by atoms with Crippen LogP contribution in [0.1, 0.15) is 15.9 Å². The maximum absolute atomic E-state index is 12.2. The summed E-state index contributed by atoms with van der Waals surface area (Å²) < 4.78 is 0. The molecule has 2 aromatic rings. The molecular formula is C14H14N2O. The fourth-order valence-electron chi connectivity index (χ4n) is 1.59. The van der Waals surface area contributed by atoms with Gasteiger partial charge in [0.2, 0.25) is 0 Å². The maximum Gasteiger partial charge on any atom is 0.194 e. The molecule has 0 fully saturated rings. The summed E-state index contributed by atoms with van der Waals surface area (Å²) in [6.07, 6.45) is 3.25. The third-order valence-corrected chi connectivity index (χ3v) is 2.55. The van der Waals surface area contributed by atoms with Gasteiger partial charge < -0.3 is 4.90 Å². The molecule has 3 nitrogen and oxygen atoms in total. The minimum absolute atomic E-state index is 0.00167. The normalized spacial score (nSPS) is 10.0. The van der Waals surface area contributed by atoms with Crippen LogP contribution in [0.2, 0.25) is 0 Å². The number of benzene rings is 1. The fourth-order valence-corrected chi connectivity index (χ4v) is 1.59. The van der Waals surface area contributed by atoms with Crippen molar-refractivity contribution in [2.24, 2.45) is 0 Å². The Morgan fingerprint density at radius 1 is 1.12 bits per heavy atom. The Balaban J connectivity index is 2.35. The summed E-state index contributed by atoms with van der Waals surface area (Å²) in [4.78, 5) is 18.1. The second-order valence-electron chi connectivity index (χ2n) is 4.02. The van der Waals surface area contributed by atoms with Gasteiger partial charge in [0.25, 0.3) is 0 Å². The number of carbonyl (C=O) groups excluding carboxylic acids is 1. The SMILES string of the molecule is CN(C)c1cccc(C(=O)c2cccnc2)c1. The van der Waals surface area contributed by atoms with E-state index in [1.54, 1.807) is 24.5 Å². The fraction of sp³-hybridized carbons (Fsp3) is 0.143. The molecule has 86 valence electrons. The van der Waals surface area contributed by atoms with Crippen molar-refractivity contribution < 1.29 is 4.79 Å².